The van der Waals surface area contributed by atoms with E-state index >= 15 is 0 Å². The second-order valence-electron chi connectivity index (χ2n) is 3.97. The highest BCUT2D eigenvalue weighted by Crippen LogP contribution is 2.27. The van der Waals surface area contributed by atoms with Crippen molar-refractivity contribution < 1.29 is 14.5 Å². The predicted molar refractivity (Wildman–Crippen MR) is 76.8 cm³/mol. The Labute approximate surface area is 124 Å². The van der Waals surface area contributed by atoms with E-state index in [1.807, 2.05) is 0 Å². The van der Waals surface area contributed by atoms with Crippen molar-refractivity contribution >= 4 is 28.9 Å². The van der Waals surface area contributed by atoms with Crippen LogP contribution in [0.2, 0.25) is 5.15 Å². The monoisotopic (exact) mass is 307 g/mol. The number of nitrogens with one attached hydrogen (secondary N) is 1. The zero-order valence-corrected chi connectivity index (χ0v) is 11.6. The minimum Gasteiger partial charge on any atom is -0.490 e. The maximum atomic E-state index is 12.1. The fourth-order valence-corrected chi connectivity index (χ4v) is 1.83. The number of nitro benzene ring substituents is 1. The van der Waals surface area contributed by atoms with Crippen LogP contribution in [0.1, 0.15) is 10.4 Å². The Morgan fingerprint density at radius 3 is 2.76 bits per heavy atom. The molecule has 1 heterocycles. The maximum absolute atomic E-state index is 12.1. The Kier molecular flexibility index (Phi) is 4.34. The molecule has 0 aliphatic heterocycles. The van der Waals surface area contributed by atoms with E-state index in [4.69, 9.17) is 16.3 Å². The Balaban J connectivity index is 2.25. The van der Waals surface area contributed by atoms with E-state index < -0.39 is 10.8 Å². The molecule has 0 aliphatic carbocycles. The number of amides is 1. The topological polar surface area (TPSA) is 94.4 Å². The van der Waals surface area contributed by atoms with Crippen LogP contribution in [0.4, 0.5) is 11.4 Å². The standard InChI is InChI=1S/C13H10ClN3O4/c1-21-11-6-8(2-3-10(11)17(19)20)13(18)16-9-4-5-15-12(14)7-9/h2-7H,1H3,(H,15,16,18). The molecule has 0 bridgehead atoms. The summed E-state index contributed by atoms with van der Waals surface area (Å²) in [5, 5.41) is 13.6. The highest BCUT2D eigenvalue weighted by Gasteiger charge is 2.17. The molecule has 0 saturated heterocycles. The predicted octanol–water partition coefficient (Wildman–Crippen LogP) is 2.90. The molecule has 1 aromatic carbocycles. The van der Waals surface area contributed by atoms with Crippen LogP contribution < -0.4 is 10.1 Å². The summed E-state index contributed by atoms with van der Waals surface area (Å²) in [5.41, 5.74) is 0.490. The van der Waals surface area contributed by atoms with E-state index in [-0.39, 0.29) is 22.2 Å². The molecule has 2 rings (SSSR count). The smallest absolute Gasteiger partial charge is 0.310 e. The molecule has 7 nitrogen and oxygen atoms in total. The molecule has 0 aliphatic rings. The maximum Gasteiger partial charge on any atom is 0.310 e. The Hall–Kier alpha value is -2.67. The number of anilines is 1. The van der Waals surface area contributed by atoms with Crippen LogP contribution in [0.15, 0.2) is 36.5 Å². The lowest BCUT2D eigenvalue weighted by molar-refractivity contribution is -0.385. The van der Waals surface area contributed by atoms with Crippen LogP contribution in [0.25, 0.3) is 0 Å². The van der Waals surface area contributed by atoms with Gasteiger partial charge < -0.3 is 10.1 Å². The van der Waals surface area contributed by atoms with Gasteiger partial charge in [0.25, 0.3) is 5.91 Å². The van der Waals surface area contributed by atoms with E-state index in [0.717, 1.165) is 0 Å². The van der Waals surface area contributed by atoms with E-state index in [1.54, 1.807) is 6.07 Å². The molecule has 2 aromatic rings. The molecular weight excluding hydrogens is 298 g/mol. The lowest BCUT2D eigenvalue weighted by Gasteiger charge is -2.07. The third-order valence-corrected chi connectivity index (χ3v) is 2.83. The summed E-state index contributed by atoms with van der Waals surface area (Å²) in [6.45, 7) is 0. The average molecular weight is 308 g/mol. The third kappa shape index (κ3) is 3.46. The number of carbonyl (C=O) groups excluding carboxylic acids is 1. The van der Waals surface area contributed by atoms with Gasteiger partial charge in [0.1, 0.15) is 5.15 Å². The highest BCUT2D eigenvalue weighted by molar-refractivity contribution is 6.29. The van der Waals surface area contributed by atoms with Crippen LogP contribution in [-0.2, 0) is 0 Å². The van der Waals surface area contributed by atoms with Crippen LogP contribution in [0, 0.1) is 10.1 Å². The molecule has 0 radical (unpaired) electrons. The minimum absolute atomic E-state index is 0.0143. The van der Waals surface area contributed by atoms with Gasteiger partial charge in [0.2, 0.25) is 0 Å². The van der Waals surface area contributed by atoms with Gasteiger partial charge in [-0.05, 0) is 18.2 Å². The molecule has 0 atom stereocenters. The van der Waals surface area contributed by atoms with Gasteiger partial charge in [0, 0.05) is 29.6 Å². The van der Waals surface area contributed by atoms with E-state index in [9.17, 15) is 14.9 Å². The Morgan fingerprint density at radius 2 is 2.14 bits per heavy atom. The molecule has 0 fully saturated rings. The van der Waals surface area contributed by atoms with E-state index in [0.29, 0.717) is 5.69 Å². The first-order valence-corrected chi connectivity index (χ1v) is 6.14. The van der Waals surface area contributed by atoms with Gasteiger partial charge in [-0.1, -0.05) is 11.6 Å². The minimum atomic E-state index is -0.580. The lowest BCUT2D eigenvalue weighted by atomic mass is 10.1. The van der Waals surface area contributed by atoms with Crippen LogP contribution >= 0.6 is 11.6 Å². The van der Waals surface area contributed by atoms with Gasteiger partial charge in [-0.2, -0.15) is 0 Å². The van der Waals surface area contributed by atoms with Crippen molar-refractivity contribution in [2.24, 2.45) is 0 Å². The number of ether oxygens (including phenoxy) is 1. The lowest BCUT2D eigenvalue weighted by Crippen LogP contribution is -2.12. The Morgan fingerprint density at radius 1 is 1.38 bits per heavy atom. The van der Waals surface area contributed by atoms with Gasteiger partial charge in [0.15, 0.2) is 5.75 Å². The van der Waals surface area contributed by atoms with Crippen molar-refractivity contribution in [1.82, 2.24) is 4.98 Å². The van der Waals surface area contributed by atoms with Gasteiger partial charge in [-0.3, -0.25) is 14.9 Å². The number of rotatable bonds is 4. The quantitative estimate of drug-likeness (QED) is 0.532. The first kappa shape index (κ1) is 14.7. The number of methoxy groups -OCH3 is 1. The number of hydrogen-bond acceptors (Lipinski definition) is 5. The van der Waals surface area contributed by atoms with Crippen molar-refractivity contribution in [2.45, 2.75) is 0 Å². The first-order valence-electron chi connectivity index (χ1n) is 5.76. The zero-order valence-electron chi connectivity index (χ0n) is 10.9. The highest BCUT2D eigenvalue weighted by atomic mass is 35.5. The fourth-order valence-electron chi connectivity index (χ4n) is 1.65. The molecule has 0 spiro atoms. The first-order chi connectivity index (χ1) is 10.0. The molecule has 0 unspecified atom stereocenters. The summed E-state index contributed by atoms with van der Waals surface area (Å²) in [6, 6.07) is 6.93. The fraction of sp³-hybridized carbons (Fsp3) is 0.0769. The number of carbonyl (C=O) groups is 1. The number of nitro groups is 1. The largest absolute Gasteiger partial charge is 0.490 e. The second-order valence-corrected chi connectivity index (χ2v) is 4.35. The SMILES string of the molecule is COc1cc(C(=O)Nc2ccnc(Cl)c2)ccc1[N+](=O)[O-]. The number of aromatic nitrogens is 1. The van der Waals surface area contributed by atoms with Crippen LogP contribution in [0.5, 0.6) is 5.75 Å². The molecule has 0 saturated carbocycles. The molecule has 108 valence electrons. The molecule has 1 N–H and O–H groups in total. The van der Waals surface area contributed by atoms with Crippen molar-refractivity contribution in [1.29, 1.82) is 0 Å². The third-order valence-electron chi connectivity index (χ3n) is 2.62. The summed E-state index contributed by atoms with van der Waals surface area (Å²) in [5.74, 6) is -0.425. The Bertz CT molecular complexity index is 706. The van der Waals surface area contributed by atoms with Gasteiger partial charge in [0.05, 0.1) is 12.0 Å². The van der Waals surface area contributed by atoms with Gasteiger partial charge in [-0.15, -0.1) is 0 Å². The van der Waals surface area contributed by atoms with Crippen molar-refractivity contribution in [3.05, 3.63) is 57.4 Å². The second kappa shape index (κ2) is 6.19. The number of pyridine rings is 1. The molecule has 1 aromatic heterocycles. The number of nitrogens with zero attached hydrogens (tertiary/aromatic N) is 2. The molecule has 21 heavy (non-hydrogen) atoms. The van der Waals surface area contributed by atoms with Crippen molar-refractivity contribution in [2.75, 3.05) is 12.4 Å². The summed E-state index contributed by atoms with van der Waals surface area (Å²) < 4.78 is 4.91. The van der Waals surface area contributed by atoms with Crippen LogP contribution in [-0.4, -0.2) is 22.9 Å². The van der Waals surface area contributed by atoms with Crippen LogP contribution in [0.3, 0.4) is 0 Å². The van der Waals surface area contributed by atoms with E-state index in [2.05, 4.69) is 10.3 Å². The van der Waals surface area contributed by atoms with Gasteiger partial charge >= 0.3 is 5.69 Å². The average Bonchev–Trinajstić information content (AvgIpc) is 2.46. The summed E-state index contributed by atoms with van der Waals surface area (Å²) in [4.78, 5) is 26.1. The summed E-state index contributed by atoms with van der Waals surface area (Å²) in [6.07, 6.45) is 1.45. The number of benzene rings is 1. The summed E-state index contributed by atoms with van der Waals surface area (Å²) >= 11 is 5.72. The summed E-state index contributed by atoms with van der Waals surface area (Å²) in [7, 11) is 1.30. The molecular formula is C13H10ClN3O4. The van der Waals surface area contributed by atoms with Crippen molar-refractivity contribution in [3.63, 3.8) is 0 Å². The normalized spacial score (nSPS) is 10.0. The number of halogens is 1. The zero-order chi connectivity index (χ0) is 15.4. The van der Waals surface area contributed by atoms with E-state index in [1.165, 1.54) is 37.6 Å². The molecule has 8 heteroatoms. The molecule has 1 amide bonds. The number of hydrogen-bond donors (Lipinski definition) is 1. The van der Waals surface area contributed by atoms with Gasteiger partial charge in [-0.25, -0.2) is 4.98 Å². The van der Waals surface area contributed by atoms with Crippen molar-refractivity contribution in [3.8, 4) is 5.75 Å².